The van der Waals surface area contributed by atoms with E-state index in [1.54, 1.807) is 12.1 Å². The molecule has 1 aromatic heterocycles. The summed E-state index contributed by atoms with van der Waals surface area (Å²) in [5.74, 6) is -0.216. The number of rotatable bonds is 5. The first-order valence-corrected chi connectivity index (χ1v) is 8.37. The minimum Gasteiger partial charge on any atom is -0.351 e. The second kappa shape index (κ2) is 7.42. The quantitative estimate of drug-likeness (QED) is 0.831. The van der Waals surface area contributed by atoms with E-state index in [-0.39, 0.29) is 11.5 Å². The van der Waals surface area contributed by atoms with Crippen molar-refractivity contribution >= 4 is 16.7 Å². The Bertz CT molecular complexity index is 732. The standard InChI is InChI=1S/C18H23N3O2/c22-17-15-8-3-2-7-14(15)13-16(20-17)18(23)19-9-6-12-21-10-4-1-5-11-21/h2-3,7-8,13H,1,4-6,9-12H2,(H,19,23)(H,20,22). The van der Waals surface area contributed by atoms with E-state index in [0.29, 0.717) is 17.6 Å². The number of carbonyl (C=O) groups is 1. The number of H-pyrrole nitrogens is 1. The largest absolute Gasteiger partial charge is 0.351 e. The van der Waals surface area contributed by atoms with Crippen LogP contribution in [0.5, 0.6) is 0 Å². The summed E-state index contributed by atoms with van der Waals surface area (Å²) < 4.78 is 0. The molecule has 0 saturated carbocycles. The molecule has 1 saturated heterocycles. The molecule has 2 aromatic rings. The lowest BCUT2D eigenvalue weighted by Gasteiger charge is -2.26. The maximum Gasteiger partial charge on any atom is 0.267 e. The average molecular weight is 313 g/mol. The van der Waals surface area contributed by atoms with Crippen LogP contribution < -0.4 is 10.9 Å². The van der Waals surface area contributed by atoms with Crippen LogP contribution >= 0.6 is 0 Å². The highest BCUT2D eigenvalue weighted by Gasteiger charge is 2.11. The molecule has 5 heteroatoms. The molecule has 2 N–H and O–H groups in total. The third-order valence-corrected chi connectivity index (χ3v) is 4.38. The molecule has 0 atom stereocenters. The van der Waals surface area contributed by atoms with Crippen molar-refractivity contribution in [3.05, 3.63) is 46.4 Å². The van der Waals surface area contributed by atoms with E-state index in [0.717, 1.165) is 18.4 Å². The van der Waals surface area contributed by atoms with E-state index in [2.05, 4.69) is 15.2 Å². The first kappa shape index (κ1) is 15.7. The highest BCUT2D eigenvalue weighted by molar-refractivity contribution is 5.96. The van der Waals surface area contributed by atoms with E-state index in [4.69, 9.17) is 0 Å². The highest BCUT2D eigenvalue weighted by Crippen LogP contribution is 2.10. The molecule has 122 valence electrons. The summed E-state index contributed by atoms with van der Waals surface area (Å²) in [5, 5.41) is 4.29. The molecule has 5 nitrogen and oxygen atoms in total. The van der Waals surface area contributed by atoms with Crippen molar-refractivity contribution in [2.75, 3.05) is 26.2 Å². The van der Waals surface area contributed by atoms with Gasteiger partial charge in [0.1, 0.15) is 5.69 Å². The van der Waals surface area contributed by atoms with Crippen molar-refractivity contribution in [1.82, 2.24) is 15.2 Å². The molecule has 2 heterocycles. The Balaban J connectivity index is 1.55. The van der Waals surface area contributed by atoms with Crippen molar-refractivity contribution in [3.8, 4) is 0 Å². The lowest BCUT2D eigenvalue weighted by molar-refractivity contribution is 0.0946. The summed E-state index contributed by atoms with van der Waals surface area (Å²) >= 11 is 0. The maximum absolute atomic E-state index is 12.2. The second-order valence-corrected chi connectivity index (χ2v) is 6.11. The minimum absolute atomic E-state index is 0.216. The van der Waals surface area contributed by atoms with Crippen molar-refractivity contribution in [3.63, 3.8) is 0 Å². The number of aromatic nitrogens is 1. The molecule has 1 amide bonds. The fourth-order valence-corrected chi connectivity index (χ4v) is 3.12. The van der Waals surface area contributed by atoms with Gasteiger partial charge in [-0.25, -0.2) is 0 Å². The molecule has 1 aliphatic rings. The van der Waals surface area contributed by atoms with Crippen molar-refractivity contribution in [2.24, 2.45) is 0 Å². The SMILES string of the molecule is O=C(NCCCN1CCCCC1)c1cc2ccccc2c(=O)[nH]1. The summed E-state index contributed by atoms with van der Waals surface area (Å²) in [5.41, 5.74) is 0.105. The van der Waals surface area contributed by atoms with Crippen molar-refractivity contribution in [2.45, 2.75) is 25.7 Å². The molecule has 1 aliphatic heterocycles. The number of carbonyl (C=O) groups excluding carboxylic acids is 1. The number of benzene rings is 1. The number of nitrogens with zero attached hydrogens (tertiary/aromatic N) is 1. The van der Waals surface area contributed by atoms with E-state index >= 15 is 0 Å². The molecular formula is C18H23N3O2. The number of nitrogens with one attached hydrogen (secondary N) is 2. The van der Waals surface area contributed by atoms with Gasteiger partial charge >= 0.3 is 0 Å². The monoisotopic (exact) mass is 313 g/mol. The first-order valence-electron chi connectivity index (χ1n) is 8.37. The van der Waals surface area contributed by atoms with Crippen molar-refractivity contribution in [1.29, 1.82) is 0 Å². The lowest BCUT2D eigenvalue weighted by atomic mass is 10.1. The molecule has 0 bridgehead atoms. The number of likely N-dealkylation sites (tertiary alicyclic amines) is 1. The van der Waals surface area contributed by atoms with E-state index in [1.165, 1.54) is 32.4 Å². The molecule has 1 fully saturated rings. The number of pyridine rings is 1. The maximum atomic E-state index is 12.2. The Kier molecular flexibility index (Phi) is 5.08. The van der Waals surface area contributed by atoms with Crippen LogP contribution in [0, 0.1) is 0 Å². The third-order valence-electron chi connectivity index (χ3n) is 4.38. The van der Waals surface area contributed by atoms with Crippen LogP contribution in [0.1, 0.15) is 36.2 Å². The fraction of sp³-hybridized carbons (Fsp3) is 0.444. The molecule has 0 unspecified atom stereocenters. The Morgan fingerprint density at radius 2 is 1.96 bits per heavy atom. The van der Waals surface area contributed by atoms with Gasteiger partial charge in [-0.15, -0.1) is 0 Å². The normalized spacial score (nSPS) is 15.7. The number of fused-ring (bicyclic) bond motifs is 1. The van der Waals surface area contributed by atoms with Gasteiger partial charge in [-0.3, -0.25) is 9.59 Å². The molecule has 0 radical (unpaired) electrons. The predicted octanol–water partition coefficient (Wildman–Crippen LogP) is 2.13. The summed E-state index contributed by atoms with van der Waals surface area (Å²) in [6.45, 7) is 4.00. The Morgan fingerprint density at radius 3 is 2.78 bits per heavy atom. The van der Waals surface area contributed by atoms with Gasteiger partial charge in [-0.1, -0.05) is 24.6 Å². The second-order valence-electron chi connectivity index (χ2n) is 6.11. The average Bonchev–Trinajstić information content (AvgIpc) is 2.59. The number of aromatic amines is 1. The summed E-state index contributed by atoms with van der Waals surface area (Å²) in [4.78, 5) is 29.3. The third kappa shape index (κ3) is 3.99. The smallest absolute Gasteiger partial charge is 0.267 e. The van der Waals surface area contributed by atoms with E-state index in [9.17, 15) is 9.59 Å². The van der Waals surface area contributed by atoms with Gasteiger partial charge in [0.25, 0.3) is 11.5 Å². The fourth-order valence-electron chi connectivity index (χ4n) is 3.12. The molecule has 1 aromatic carbocycles. The van der Waals surface area contributed by atoms with Crippen LogP contribution in [-0.2, 0) is 0 Å². The van der Waals surface area contributed by atoms with Gasteiger partial charge in [0, 0.05) is 11.9 Å². The molecule has 0 aliphatic carbocycles. The highest BCUT2D eigenvalue weighted by atomic mass is 16.2. The summed E-state index contributed by atoms with van der Waals surface area (Å²) in [6.07, 6.45) is 4.83. The summed E-state index contributed by atoms with van der Waals surface area (Å²) in [6, 6.07) is 9.02. The van der Waals surface area contributed by atoms with Crippen LogP contribution in [0.2, 0.25) is 0 Å². The van der Waals surface area contributed by atoms with Crippen LogP contribution in [-0.4, -0.2) is 42.0 Å². The predicted molar refractivity (Wildman–Crippen MR) is 91.8 cm³/mol. The number of hydrogen-bond donors (Lipinski definition) is 2. The Morgan fingerprint density at radius 1 is 1.17 bits per heavy atom. The van der Waals surface area contributed by atoms with Crippen LogP contribution in [0.4, 0.5) is 0 Å². The number of hydrogen-bond acceptors (Lipinski definition) is 3. The Hall–Kier alpha value is -2.14. The van der Waals surface area contributed by atoms with Gasteiger partial charge in [0.05, 0.1) is 0 Å². The topological polar surface area (TPSA) is 65.2 Å². The van der Waals surface area contributed by atoms with Gasteiger partial charge < -0.3 is 15.2 Å². The minimum atomic E-state index is -0.221. The van der Waals surface area contributed by atoms with Crippen LogP contribution in [0.25, 0.3) is 10.8 Å². The van der Waals surface area contributed by atoms with Crippen molar-refractivity contribution < 1.29 is 4.79 Å². The number of piperidine rings is 1. The zero-order valence-electron chi connectivity index (χ0n) is 13.3. The molecular weight excluding hydrogens is 290 g/mol. The first-order chi connectivity index (χ1) is 11.2. The van der Waals surface area contributed by atoms with Crippen LogP contribution in [0.3, 0.4) is 0 Å². The molecule has 3 rings (SSSR count). The number of amides is 1. The molecule has 23 heavy (non-hydrogen) atoms. The van der Waals surface area contributed by atoms with Gasteiger partial charge in [0.2, 0.25) is 0 Å². The molecule has 0 spiro atoms. The van der Waals surface area contributed by atoms with E-state index in [1.807, 2.05) is 18.2 Å². The zero-order chi connectivity index (χ0) is 16.1. The summed E-state index contributed by atoms with van der Waals surface area (Å²) in [7, 11) is 0. The van der Waals surface area contributed by atoms with Gasteiger partial charge in [-0.2, -0.15) is 0 Å². The van der Waals surface area contributed by atoms with Gasteiger partial charge in [0.15, 0.2) is 0 Å². The zero-order valence-corrected chi connectivity index (χ0v) is 13.3. The van der Waals surface area contributed by atoms with Gasteiger partial charge in [-0.05, 0) is 56.4 Å². The van der Waals surface area contributed by atoms with Crippen LogP contribution in [0.15, 0.2) is 35.1 Å². The Labute approximate surface area is 135 Å². The lowest BCUT2D eigenvalue weighted by Crippen LogP contribution is -2.33. The van der Waals surface area contributed by atoms with E-state index < -0.39 is 0 Å².